The van der Waals surface area contributed by atoms with Crippen molar-refractivity contribution >= 4 is 11.4 Å². The Hall–Kier alpha value is -1.97. The smallest absolute Gasteiger partial charge is 0.0946 e. The molecule has 1 N–H and O–H groups in total. The number of aromatic nitrogens is 2. The maximum absolute atomic E-state index is 4.13. The number of hydrogen-bond donors (Lipinski definition) is 1. The molecule has 0 saturated carbocycles. The van der Waals surface area contributed by atoms with Crippen LogP contribution in [0.3, 0.4) is 0 Å². The Morgan fingerprint density at radius 1 is 1.10 bits per heavy atom. The zero-order chi connectivity index (χ0) is 13.8. The van der Waals surface area contributed by atoms with Gasteiger partial charge >= 0.3 is 0 Å². The lowest BCUT2D eigenvalue weighted by Gasteiger charge is -2.28. The largest absolute Gasteiger partial charge is 0.379 e. The molecule has 1 aliphatic rings. The second-order valence-electron chi connectivity index (χ2n) is 5.44. The monoisotopic (exact) mass is 270 g/mol. The number of nitrogens with one attached hydrogen (secondary N) is 1. The van der Waals surface area contributed by atoms with Crippen molar-refractivity contribution in [1.82, 2.24) is 9.55 Å². The van der Waals surface area contributed by atoms with E-state index in [0.717, 1.165) is 12.2 Å². The van der Waals surface area contributed by atoms with Crippen LogP contribution in [-0.4, -0.2) is 22.6 Å². The van der Waals surface area contributed by atoms with Crippen LogP contribution in [0.5, 0.6) is 0 Å². The van der Waals surface area contributed by atoms with E-state index in [4.69, 9.17) is 0 Å². The average Bonchev–Trinajstić information content (AvgIpc) is 2.92. The van der Waals surface area contributed by atoms with Gasteiger partial charge in [-0.15, -0.1) is 0 Å². The minimum Gasteiger partial charge on any atom is -0.379 e. The van der Waals surface area contributed by atoms with E-state index < -0.39 is 0 Å². The Morgan fingerprint density at radius 2 is 1.85 bits per heavy atom. The molecule has 0 radical (unpaired) electrons. The molecule has 0 atom stereocenters. The number of anilines is 2. The van der Waals surface area contributed by atoms with Gasteiger partial charge < -0.3 is 14.8 Å². The van der Waals surface area contributed by atoms with Gasteiger partial charge in [0, 0.05) is 37.7 Å². The summed E-state index contributed by atoms with van der Waals surface area (Å²) in [6.45, 7) is 3.20. The van der Waals surface area contributed by atoms with Crippen LogP contribution in [0.2, 0.25) is 0 Å². The summed E-state index contributed by atoms with van der Waals surface area (Å²) < 4.78 is 2.04. The molecule has 0 spiro atoms. The number of rotatable bonds is 4. The molecule has 20 heavy (non-hydrogen) atoms. The molecule has 2 heterocycles. The van der Waals surface area contributed by atoms with Crippen LogP contribution in [0.4, 0.5) is 11.4 Å². The summed E-state index contributed by atoms with van der Waals surface area (Å²) in [5.41, 5.74) is 3.69. The quantitative estimate of drug-likeness (QED) is 0.927. The molecular weight excluding hydrogens is 248 g/mol. The van der Waals surface area contributed by atoms with Crippen molar-refractivity contribution in [3.63, 3.8) is 0 Å². The SMILES string of the molecule is Cn1cncc1CNc1ccc(N2CCCCC2)cc1. The molecule has 4 nitrogen and oxygen atoms in total. The van der Waals surface area contributed by atoms with Crippen molar-refractivity contribution in [2.24, 2.45) is 7.05 Å². The number of aryl methyl sites for hydroxylation is 1. The van der Waals surface area contributed by atoms with Crippen molar-refractivity contribution in [3.05, 3.63) is 42.5 Å². The first-order valence-electron chi connectivity index (χ1n) is 7.37. The van der Waals surface area contributed by atoms with E-state index in [-0.39, 0.29) is 0 Å². The Morgan fingerprint density at radius 3 is 2.50 bits per heavy atom. The molecule has 1 aliphatic heterocycles. The lowest BCUT2D eigenvalue weighted by molar-refractivity contribution is 0.578. The molecule has 0 bridgehead atoms. The Labute approximate surface area is 120 Å². The molecule has 1 aromatic heterocycles. The van der Waals surface area contributed by atoms with Gasteiger partial charge in [0.2, 0.25) is 0 Å². The lowest BCUT2D eigenvalue weighted by atomic mass is 10.1. The Balaban J connectivity index is 1.59. The fourth-order valence-electron chi connectivity index (χ4n) is 2.69. The van der Waals surface area contributed by atoms with Crippen LogP contribution in [0, 0.1) is 0 Å². The molecule has 0 aliphatic carbocycles. The van der Waals surface area contributed by atoms with Crippen molar-refractivity contribution in [2.75, 3.05) is 23.3 Å². The van der Waals surface area contributed by atoms with Gasteiger partial charge in [0.1, 0.15) is 0 Å². The minimum absolute atomic E-state index is 0.805. The normalized spacial score (nSPS) is 15.3. The van der Waals surface area contributed by atoms with Crippen molar-refractivity contribution in [3.8, 4) is 0 Å². The molecule has 106 valence electrons. The predicted octanol–water partition coefficient (Wildman–Crippen LogP) is 3.02. The highest BCUT2D eigenvalue weighted by Gasteiger charge is 2.10. The second kappa shape index (κ2) is 5.99. The Kier molecular flexibility index (Phi) is 3.90. The Bertz CT molecular complexity index is 538. The molecule has 0 unspecified atom stereocenters. The van der Waals surface area contributed by atoms with Gasteiger partial charge in [-0.3, -0.25) is 0 Å². The van der Waals surface area contributed by atoms with Crippen LogP contribution in [0.25, 0.3) is 0 Å². The van der Waals surface area contributed by atoms with Crippen LogP contribution >= 0.6 is 0 Å². The molecule has 3 rings (SSSR count). The number of benzene rings is 1. The number of piperidine rings is 1. The zero-order valence-electron chi connectivity index (χ0n) is 12.0. The summed E-state index contributed by atoms with van der Waals surface area (Å²) in [4.78, 5) is 6.61. The average molecular weight is 270 g/mol. The zero-order valence-corrected chi connectivity index (χ0v) is 12.0. The summed E-state index contributed by atoms with van der Waals surface area (Å²) >= 11 is 0. The molecule has 1 fully saturated rings. The fourth-order valence-corrected chi connectivity index (χ4v) is 2.69. The third-order valence-electron chi connectivity index (χ3n) is 3.98. The topological polar surface area (TPSA) is 33.1 Å². The summed E-state index contributed by atoms with van der Waals surface area (Å²) in [6.07, 6.45) is 7.74. The van der Waals surface area contributed by atoms with E-state index in [0.29, 0.717) is 0 Å². The van der Waals surface area contributed by atoms with Gasteiger partial charge in [-0.25, -0.2) is 4.98 Å². The van der Waals surface area contributed by atoms with Gasteiger partial charge in [0.25, 0.3) is 0 Å². The van der Waals surface area contributed by atoms with Crippen molar-refractivity contribution in [2.45, 2.75) is 25.8 Å². The van der Waals surface area contributed by atoms with Gasteiger partial charge in [0.15, 0.2) is 0 Å². The summed E-state index contributed by atoms with van der Waals surface area (Å²) in [6, 6.07) is 8.77. The summed E-state index contributed by atoms with van der Waals surface area (Å²) in [5.74, 6) is 0. The lowest BCUT2D eigenvalue weighted by Crippen LogP contribution is -2.29. The fraction of sp³-hybridized carbons (Fsp3) is 0.438. The molecule has 4 heteroatoms. The third kappa shape index (κ3) is 2.95. The van der Waals surface area contributed by atoms with E-state index >= 15 is 0 Å². The first-order valence-corrected chi connectivity index (χ1v) is 7.37. The first-order chi connectivity index (χ1) is 9.83. The molecule has 1 saturated heterocycles. The summed E-state index contributed by atoms with van der Waals surface area (Å²) in [5, 5.41) is 3.44. The van der Waals surface area contributed by atoms with Gasteiger partial charge in [-0.1, -0.05) is 0 Å². The first kappa shape index (κ1) is 13.0. The number of imidazole rings is 1. The molecule has 2 aromatic rings. The van der Waals surface area contributed by atoms with Crippen LogP contribution in [-0.2, 0) is 13.6 Å². The van der Waals surface area contributed by atoms with E-state index in [1.165, 1.54) is 43.7 Å². The van der Waals surface area contributed by atoms with E-state index in [9.17, 15) is 0 Å². The van der Waals surface area contributed by atoms with Crippen molar-refractivity contribution < 1.29 is 0 Å². The number of nitrogens with zero attached hydrogens (tertiary/aromatic N) is 3. The number of hydrogen-bond acceptors (Lipinski definition) is 3. The molecule has 0 amide bonds. The highest BCUT2D eigenvalue weighted by Crippen LogP contribution is 2.22. The van der Waals surface area contributed by atoms with Crippen LogP contribution in [0.15, 0.2) is 36.8 Å². The van der Waals surface area contributed by atoms with E-state index in [1.807, 2.05) is 24.1 Å². The van der Waals surface area contributed by atoms with E-state index in [1.54, 1.807) is 0 Å². The van der Waals surface area contributed by atoms with Gasteiger partial charge in [-0.2, -0.15) is 0 Å². The highest BCUT2D eigenvalue weighted by molar-refractivity contribution is 5.55. The minimum atomic E-state index is 0.805. The van der Waals surface area contributed by atoms with Crippen LogP contribution in [0.1, 0.15) is 25.0 Å². The second-order valence-corrected chi connectivity index (χ2v) is 5.44. The predicted molar refractivity (Wildman–Crippen MR) is 83.0 cm³/mol. The van der Waals surface area contributed by atoms with Gasteiger partial charge in [-0.05, 0) is 43.5 Å². The van der Waals surface area contributed by atoms with Crippen LogP contribution < -0.4 is 10.2 Å². The van der Waals surface area contributed by atoms with Crippen molar-refractivity contribution in [1.29, 1.82) is 0 Å². The maximum Gasteiger partial charge on any atom is 0.0946 e. The van der Waals surface area contributed by atoms with Gasteiger partial charge in [0.05, 0.1) is 18.6 Å². The highest BCUT2D eigenvalue weighted by atomic mass is 15.1. The summed E-state index contributed by atoms with van der Waals surface area (Å²) in [7, 11) is 2.02. The van der Waals surface area contributed by atoms with E-state index in [2.05, 4.69) is 39.5 Å². The third-order valence-corrected chi connectivity index (χ3v) is 3.98. The maximum atomic E-state index is 4.13. The molecular formula is C16H22N4. The molecule has 1 aromatic carbocycles. The standard InChI is InChI=1S/C16H22N4/c1-19-13-17-11-16(19)12-18-14-5-7-15(8-6-14)20-9-3-2-4-10-20/h5-8,11,13,18H,2-4,9-10,12H2,1H3.